The molecule has 3 atom stereocenters. The number of hydrogen-bond acceptors (Lipinski definition) is 4. The lowest BCUT2D eigenvalue weighted by molar-refractivity contribution is 0.0174. The van der Waals surface area contributed by atoms with Crippen molar-refractivity contribution in [1.29, 1.82) is 0 Å². The molecule has 1 aliphatic heterocycles. The lowest BCUT2D eigenvalue weighted by atomic mass is 9.66. The topological polar surface area (TPSA) is 41.1 Å². The molecule has 2 fully saturated rings. The molecule has 0 bridgehead atoms. The van der Waals surface area contributed by atoms with Gasteiger partial charge >= 0.3 is 0 Å². The van der Waals surface area contributed by atoms with E-state index < -0.39 is 11.7 Å². The van der Waals surface area contributed by atoms with E-state index in [0.29, 0.717) is 24.9 Å². The van der Waals surface area contributed by atoms with Crippen LogP contribution in [0.2, 0.25) is 0 Å². The van der Waals surface area contributed by atoms with Crippen molar-refractivity contribution in [1.82, 2.24) is 9.97 Å². The zero-order valence-electron chi connectivity index (χ0n) is 20.8. The van der Waals surface area contributed by atoms with Gasteiger partial charge in [0.05, 0.1) is 6.04 Å². The average Bonchev–Trinajstić information content (AvgIpc) is 3.27. The summed E-state index contributed by atoms with van der Waals surface area (Å²) in [6, 6.07) is 6.28. The van der Waals surface area contributed by atoms with Gasteiger partial charge in [-0.1, -0.05) is 57.9 Å². The van der Waals surface area contributed by atoms with E-state index in [2.05, 4.69) is 36.1 Å². The first-order valence-corrected chi connectivity index (χ1v) is 12.5. The Morgan fingerprint density at radius 3 is 2.35 bits per heavy atom. The van der Waals surface area contributed by atoms with Crippen molar-refractivity contribution in [2.75, 3.05) is 23.3 Å². The third-order valence-electron chi connectivity index (χ3n) is 7.65. The van der Waals surface area contributed by atoms with E-state index in [0.717, 1.165) is 31.7 Å². The fraction of sp³-hybridized carbons (Fsp3) is 0.630. The van der Waals surface area contributed by atoms with E-state index in [1.165, 1.54) is 37.7 Å². The van der Waals surface area contributed by atoms with Crippen molar-refractivity contribution in [2.45, 2.75) is 78.2 Å². The maximum absolute atomic E-state index is 15.6. The third kappa shape index (κ3) is 5.33. The van der Waals surface area contributed by atoms with Crippen LogP contribution in [0.3, 0.4) is 0 Å². The van der Waals surface area contributed by atoms with Gasteiger partial charge in [0.1, 0.15) is 6.33 Å². The Bertz CT molecular complexity index is 965. The summed E-state index contributed by atoms with van der Waals surface area (Å²) in [7, 11) is 0. The second-order valence-electron chi connectivity index (χ2n) is 11.1. The van der Waals surface area contributed by atoms with Gasteiger partial charge in [0.2, 0.25) is 5.82 Å². The summed E-state index contributed by atoms with van der Waals surface area (Å²) < 4.78 is 42.8. The van der Waals surface area contributed by atoms with Gasteiger partial charge in [0, 0.05) is 25.6 Å². The van der Waals surface area contributed by atoms with E-state index in [4.69, 9.17) is 0 Å². The largest absolute Gasteiger partial charge is 0.367 e. The Labute approximate surface area is 201 Å². The number of nitrogens with one attached hydrogen (secondary N) is 1. The fourth-order valence-electron chi connectivity index (χ4n) is 5.87. The number of benzene rings is 1. The van der Waals surface area contributed by atoms with E-state index in [-0.39, 0.29) is 28.7 Å². The molecule has 2 heterocycles. The average molecular weight is 475 g/mol. The van der Waals surface area contributed by atoms with Crippen LogP contribution >= 0.6 is 0 Å². The Morgan fingerprint density at radius 1 is 0.971 bits per heavy atom. The summed E-state index contributed by atoms with van der Waals surface area (Å²) in [4.78, 5) is 10.4. The molecule has 1 saturated carbocycles. The molecule has 1 saturated heterocycles. The molecule has 2 unspecified atom stereocenters. The van der Waals surface area contributed by atoms with Crippen LogP contribution in [-0.2, 0) is 5.92 Å². The second-order valence-corrected chi connectivity index (χ2v) is 11.1. The van der Waals surface area contributed by atoms with Crippen LogP contribution in [-0.4, -0.2) is 23.1 Å². The second kappa shape index (κ2) is 9.74. The quantitative estimate of drug-likeness (QED) is 0.476. The normalized spacial score (nSPS) is 23.9. The molecule has 1 aromatic carbocycles. The van der Waals surface area contributed by atoms with Gasteiger partial charge in [0.25, 0.3) is 5.92 Å². The third-order valence-corrected chi connectivity index (χ3v) is 7.65. The molecule has 0 radical (unpaired) electrons. The zero-order valence-corrected chi connectivity index (χ0v) is 20.8. The SMILES string of the molecule is CC(F)(F)c1ccc([C@H]2CCCN2c2ncnc(NCC3CCCCC3C(C)(C)C)c2F)cc1. The van der Waals surface area contributed by atoms with Crippen molar-refractivity contribution in [3.05, 3.63) is 47.5 Å². The number of rotatable bonds is 6. The molecule has 34 heavy (non-hydrogen) atoms. The zero-order chi connectivity index (χ0) is 24.5. The molecule has 1 aromatic heterocycles. The number of aromatic nitrogens is 2. The lowest BCUT2D eigenvalue weighted by Crippen LogP contribution is -2.35. The minimum atomic E-state index is -2.88. The molecule has 1 aliphatic carbocycles. The van der Waals surface area contributed by atoms with Crippen molar-refractivity contribution in [3.63, 3.8) is 0 Å². The van der Waals surface area contributed by atoms with E-state index in [9.17, 15) is 8.78 Å². The lowest BCUT2D eigenvalue weighted by Gasteiger charge is -2.40. The molecule has 2 aromatic rings. The van der Waals surface area contributed by atoms with E-state index in [1.807, 2.05) is 4.90 Å². The Hall–Kier alpha value is -2.31. The minimum Gasteiger partial charge on any atom is -0.367 e. The number of anilines is 2. The number of nitrogens with zero attached hydrogens (tertiary/aromatic N) is 3. The molecule has 2 aliphatic rings. The molecule has 4 nitrogen and oxygen atoms in total. The van der Waals surface area contributed by atoms with Gasteiger partial charge in [-0.05, 0) is 48.5 Å². The van der Waals surface area contributed by atoms with E-state index in [1.54, 1.807) is 12.1 Å². The van der Waals surface area contributed by atoms with Gasteiger partial charge in [-0.3, -0.25) is 0 Å². The summed E-state index contributed by atoms with van der Waals surface area (Å²) in [5.74, 6) is -1.71. The first-order valence-electron chi connectivity index (χ1n) is 12.5. The van der Waals surface area contributed by atoms with Gasteiger partial charge in [0.15, 0.2) is 11.6 Å². The molecule has 4 rings (SSSR count). The molecule has 0 amide bonds. The van der Waals surface area contributed by atoms with Gasteiger partial charge < -0.3 is 10.2 Å². The van der Waals surface area contributed by atoms with Crippen LogP contribution in [0.1, 0.15) is 83.4 Å². The van der Waals surface area contributed by atoms with Gasteiger partial charge in [-0.25, -0.2) is 18.7 Å². The van der Waals surface area contributed by atoms with Crippen LogP contribution in [0.5, 0.6) is 0 Å². The maximum atomic E-state index is 15.6. The summed E-state index contributed by atoms with van der Waals surface area (Å²) in [5, 5.41) is 3.29. The predicted octanol–water partition coefficient (Wildman–Crippen LogP) is 7.33. The highest BCUT2D eigenvalue weighted by molar-refractivity contribution is 5.53. The number of halogens is 3. The number of alkyl halides is 2. The number of hydrogen-bond donors (Lipinski definition) is 1. The van der Waals surface area contributed by atoms with Crippen LogP contribution in [0, 0.1) is 23.1 Å². The standard InChI is InChI=1S/C27H37F3N4/c1-26(2,3)21-9-6-5-8-19(21)16-31-24-23(28)25(33-17-32-24)34-15-7-10-22(34)18-11-13-20(14-12-18)27(4,29)30/h11-14,17,19,21-22H,5-10,15-16H2,1-4H3,(H,31,32,33)/t19?,21?,22-/m1/s1. The van der Waals surface area contributed by atoms with Gasteiger partial charge in [-0.2, -0.15) is 4.39 Å². The highest BCUT2D eigenvalue weighted by atomic mass is 19.3. The van der Waals surface area contributed by atoms with Gasteiger partial charge in [-0.15, -0.1) is 0 Å². The fourth-order valence-corrected chi connectivity index (χ4v) is 5.87. The molecular weight excluding hydrogens is 437 g/mol. The van der Waals surface area contributed by atoms with Crippen molar-refractivity contribution >= 4 is 11.6 Å². The Kier molecular flexibility index (Phi) is 7.11. The van der Waals surface area contributed by atoms with Crippen LogP contribution in [0.4, 0.5) is 24.8 Å². The van der Waals surface area contributed by atoms with Crippen LogP contribution in [0.15, 0.2) is 30.6 Å². The molecule has 1 N–H and O–H groups in total. The van der Waals surface area contributed by atoms with Crippen LogP contribution < -0.4 is 10.2 Å². The monoisotopic (exact) mass is 474 g/mol. The highest BCUT2D eigenvalue weighted by Gasteiger charge is 2.35. The Balaban J connectivity index is 1.51. The van der Waals surface area contributed by atoms with E-state index >= 15 is 4.39 Å². The summed E-state index contributed by atoms with van der Waals surface area (Å²) in [6.45, 7) is 9.14. The molecule has 0 spiro atoms. The maximum Gasteiger partial charge on any atom is 0.270 e. The first-order chi connectivity index (χ1) is 16.1. The van der Waals surface area contributed by atoms with Crippen molar-refractivity contribution in [3.8, 4) is 0 Å². The van der Waals surface area contributed by atoms with Crippen LogP contribution in [0.25, 0.3) is 0 Å². The Morgan fingerprint density at radius 2 is 1.68 bits per heavy atom. The smallest absolute Gasteiger partial charge is 0.270 e. The predicted molar refractivity (Wildman–Crippen MR) is 131 cm³/mol. The highest BCUT2D eigenvalue weighted by Crippen LogP contribution is 2.42. The van der Waals surface area contributed by atoms with Crippen molar-refractivity contribution in [2.24, 2.45) is 17.3 Å². The first kappa shape index (κ1) is 24.8. The summed E-state index contributed by atoms with van der Waals surface area (Å²) in [5.41, 5.74) is 1.10. The molecule has 186 valence electrons. The van der Waals surface area contributed by atoms with Crippen molar-refractivity contribution < 1.29 is 13.2 Å². The summed E-state index contributed by atoms with van der Waals surface area (Å²) >= 11 is 0. The molecule has 7 heteroatoms. The molecular formula is C27H37F3N4. The minimum absolute atomic E-state index is 0.0169. The summed E-state index contributed by atoms with van der Waals surface area (Å²) in [6.07, 6.45) is 7.97.